The maximum absolute atomic E-state index is 12.8. The zero-order valence-corrected chi connectivity index (χ0v) is 14.6. The molecule has 0 bridgehead atoms. The molecule has 0 N–H and O–H groups in total. The zero-order chi connectivity index (χ0) is 17.6. The number of esters is 1. The fourth-order valence-electron chi connectivity index (χ4n) is 2.22. The van der Waals surface area contributed by atoms with Crippen molar-refractivity contribution in [2.45, 2.75) is 26.5 Å². The lowest BCUT2D eigenvalue weighted by Crippen LogP contribution is -2.49. The Morgan fingerprint density at radius 2 is 1.88 bits per heavy atom. The zero-order valence-electron chi connectivity index (χ0n) is 13.8. The minimum atomic E-state index is -3.95. The average Bonchev–Trinajstić information content (AvgIpc) is 2.71. The molecule has 7 nitrogen and oxygen atoms in total. The smallest absolute Gasteiger partial charge is 0.324 e. The predicted octanol–water partition coefficient (Wildman–Crippen LogP) is 1.49. The third kappa shape index (κ3) is 4.41. The van der Waals surface area contributed by atoms with E-state index in [0.717, 1.165) is 14.3 Å². The standard InChI is InChI=1S/C16H22N2O5S/c1-3-22-16(19)14(2)17-11-7-8-12-18(24(17,20)21)23-13-15-9-5-4-6-10-15/h4-10,14H,3,11-13H2,1-2H3/t14-/m1/s1. The molecule has 0 spiro atoms. The van der Waals surface area contributed by atoms with Crippen LogP contribution >= 0.6 is 0 Å². The van der Waals surface area contributed by atoms with Crippen molar-refractivity contribution < 1.29 is 22.8 Å². The second-order valence-corrected chi connectivity index (χ2v) is 6.99. The highest BCUT2D eigenvalue weighted by molar-refractivity contribution is 7.86. The number of nitrogens with zero attached hydrogens (tertiary/aromatic N) is 2. The molecule has 0 saturated heterocycles. The lowest BCUT2D eigenvalue weighted by molar-refractivity contribution is -0.147. The largest absolute Gasteiger partial charge is 0.465 e. The number of ether oxygens (including phenoxy) is 1. The van der Waals surface area contributed by atoms with Crippen molar-refractivity contribution in [2.75, 3.05) is 19.7 Å². The fraction of sp³-hybridized carbons (Fsp3) is 0.438. The molecule has 1 atom stereocenters. The van der Waals surface area contributed by atoms with E-state index in [2.05, 4.69) is 0 Å². The minimum Gasteiger partial charge on any atom is -0.465 e. The number of benzene rings is 1. The molecule has 0 unspecified atom stereocenters. The van der Waals surface area contributed by atoms with Gasteiger partial charge >= 0.3 is 16.2 Å². The van der Waals surface area contributed by atoms with Gasteiger partial charge in [0.1, 0.15) is 6.04 Å². The Labute approximate surface area is 142 Å². The Kier molecular flexibility index (Phi) is 6.50. The van der Waals surface area contributed by atoms with E-state index in [1.165, 1.54) is 6.92 Å². The fourth-order valence-corrected chi connectivity index (χ4v) is 3.68. The van der Waals surface area contributed by atoms with Gasteiger partial charge in [-0.1, -0.05) is 47.0 Å². The summed E-state index contributed by atoms with van der Waals surface area (Å²) in [6, 6.07) is 8.34. The van der Waals surface area contributed by atoms with Crippen molar-refractivity contribution in [3.05, 3.63) is 48.0 Å². The van der Waals surface area contributed by atoms with Gasteiger partial charge < -0.3 is 4.74 Å². The Morgan fingerprint density at radius 3 is 2.54 bits per heavy atom. The van der Waals surface area contributed by atoms with E-state index in [1.807, 2.05) is 30.3 Å². The summed E-state index contributed by atoms with van der Waals surface area (Å²) in [6.07, 6.45) is 3.39. The van der Waals surface area contributed by atoms with Gasteiger partial charge in [0.15, 0.2) is 0 Å². The lowest BCUT2D eigenvalue weighted by Gasteiger charge is -2.29. The van der Waals surface area contributed by atoms with Crippen LogP contribution < -0.4 is 0 Å². The first-order valence-corrected chi connectivity index (χ1v) is 9.14. The van der Waals surface area contributed by atoms with E-state index < -0.39 is 22.2 Å². The first-order chi connectivity index (χ1) is 11.5. The van der Waals surface area contributed by atoms with Crippen LogP contribution in [0, 0.1) is 0 Å². The molecule has 8 heteroatoms. The van der Waals surface area contributed by atoms with E-state index >= 15 is 0 Å². The summed E-state index contributed by atoms with van der Waals surface area (Å²) in [7, 11) is -3.95. The van der Waals surface area contributed by atoms with Crippen LogP contribution in [0.1, 0.15) is 19.4 Å². The maximum atomic E-state index is 12.8. The van der Waals surface area contributed by atoms with Crippen molar-refractivity contribution in [1.82, 2.24) is 8.77 Å². The maximum Gasteiger partial charge on any atom is 0.324 e. The third-order valence-electron chi connectivity index (χ3n) is 3.54. The Morgan fingerprint density at radius 1 is 1.21 bits per heavy atom. The molecule has 0 amide bonds. The molecule has 1 aromatic rings. The number of hydrogen-bond acceptors (Lipinski definition) is 5. The second kappa shape index (κ2) is 8.39. The minimum absolute atomic E-state index is 0.0845. The van der Waals surface area contributed by atoms with Gasteiger partial charge in [-0.25, -0.2) is 0 Å². The summed E-state index contributed by atoms with van der Waals surface area (Å²) in [5.41, 5.74) is 0.853. The Hall–Kier alpha value is -1.74. The molecule has 0 aliphatic carbocycles. The van der Waals surface area contributed by atoms with Crippen LogP contribution in [0.4, 0.5) is 0 Å². The van der Waals surface area contributed by atoms with Crippen LogP contribution in [0.5, 0.6) is 0 Å². The third-order valence-corrected chi connectivity index (χ3v) is 5.37. The van der Waals surface area contributed by atoms with Crippen molar-refractivity contribution in [1.29, 1.82) is 0 Å². The molecule has 24 heavy (non-hydrogen) atoms. The van der Waals surface area contributed by atoms with Gasteiger partial charge in [0.2, 0.25) is 0 Å². The molecule has 2 rings (SSSR count). The first kappa shape index (κ1) is 18.6. The van der Waals surface area contributed by atoms with Crippen molar-refractivity contribution in [2.24, 2.45) is 0 Å². The highest BCUT2D eigenvalue weighted by atomic mass is 32.2. The summed E-state index contributed by atoms with van der Waals surface area (Å²) >= 11 is 0. The molecule has 1 aromatic carbocycles. The molecule has 0 aromatic heterocycles. The average molecular weight is 354 g/mol. The first-order valence-electron chi connectivity index (χ1n) is 7.74. The van der Waals surface area contributed by atoms with Gasteiger partial charge in [-0.2, -0.15) is 12.7 Å². The monoisotopic (exact) mass is 354 g/mol. The van der Waals surface area contributed by atoms with Gasteiger partial charge in [0, 0.05) is 6.54 Å². The van der Waals surface area contributed by atoms with Crippen molar-refractivity contribution in [3.8, 4) is 0 Å². The van der Waals surface area contributed by atoms with Gasteiger partial charge in [-0.05, 0) is 19.4 Å². The van der Waals surface area contributed by atoms with E-state index in [9.17, 15) is 13.2 Å². The van der Waals surface area contributed by atoms with E-state index in [4.69, 9.17) is 9.57 Å². The van der Waals surface area contributed by atoms with Crippen LogP contribution in [0.15, 0.2) is 42.5 Å². The molecule has 1 aliphatic rings. The normalized spacial score (nSPS) is 19.6. The molecule has 0 radical (unpaired) electrons. The molecular formula is C16H22N2O5S. The Bertz CT molecular complexity index is 675. The summed E-state index contributed by atoms with van der Waals surface area (Å²) in [5.74, 6) is -0.584. The van der Waals surface area contributed by atoms with E-state index in [0.29, 0.717) is 0 Å². The number of carbonyl (C=O) groups excluding carboxylic acids is 1. The van der Waals surface area contributed by atoms with E-state index in [1.54, 1.807) is 19.1 Å². The molecule has 132 valence electrons. The quantitative estimate of drug-likeness (QED) is 0.571. The van der Waals surface area contributed by atoms with E-state index in [-0.39, 0.29) is 26.3 Å². The van der Waals surface area contributed by atoms with Gasteiger partial charge in [-0.15, -0.1) is 0 Å². The van der Waals surface area contributed by atoms with Crippen LogP contribution in [0.25, 0.3) is 0 Å². The molecule has 1 heterocycles. The molecular weight excluding hydrogens is 332 g/mol. The second-order valence-electron chi connectivity index (χ2n) is 5.22. The molecule has 0 saturated carbocycles. The number of hydroxylamine groups is 1. The SMILES string of the molecule is CCOC(=O)[C@@H](C)N1CC=CCN(OCc2ccccc2)S1(=O)=O. The van der Waals surface area contributed by atoms with Crippen LogP contribution in [0.3, 0.4) is 0 Å². The van der Waals surface area contributed by atoms with Gasteiger partial charge in [0.05, 0.1) is 19.8 Å². The number of hydrogen-bond donors (Lipinski definition) is 0. The topological polar surface area (TPSA) is 76.2 Å². The highest BCUT2D eigenvalue weighted by Crippen LogP contribution is 2.18. The van der Waals surface area contributed by atoms with Crippen molar-refractivity contribution in [3.63, 3.8) is 0 Å². The molecule has 0 fully saturated rings. The predicted molar refractivity (Wildman–Crippen MR) is 88.8 cm³/mol. The highest BCUT2D eigenvalue weighted by Gasteiger charge is 2.37. The van der Waals surface area contributed by atoms with Gasteiger partial charge in [0.25, 0.3) is 0 Å². The lowest BCUT2D eigenvalue weighted by atomic mass is 10.2. The number of rotatable bonds is 6. The van der Waals surface area contributed by atoms with Gasteiger partial charge in [-0.3, -0.25) is 9.63 Å². The summed E-state index contributed by atoms with van der Waals surface area (Å²) < 4.78 is 32.5. The summed E-state index contributed by atoms with van der Waals surface area (Å²) in [4.78, 5) is 17.4. The number of carbonyl (C=O) groups is 1. The molecule has 1 aliphatic heterocycles. The van der Waals surface area contributed by atoms with Crippen molar-refractivity contribution >= 4 is 16.2 Å². The van der Waals surface area contributed by atoms with Crippen LogP contribution in [-0.2, 0) is 31.2 Å². The van der Waals surface area contributed by atoms with Crippen LogP contribution in [0.2, 0.25) is 0 Å². The summed E-state index contributed by atoms with van der Waals surface area (Å²) in [5, 5.41) is 0. The Balaban J connectivity index is 2.14. The summed E-state index contributed by atoms with van der Waals surface area (Å²) in [6.45, 7) is 3.67. The van der Waals surface area contributed by atoms with Crippen LogP contribution in [-0.4, -0.2) is 48.9 Å².